The first-order chi connectivity index (χ1) is 8.22. The molecule has 2 rings (SSSR count). The van der Waals surface area contributed by atoms with E-state index in [2.05, 4.69) is 10.4 Å². The van der Waals surface area contributed by atoms with Crippen molar-refractivity contribution in [1.29, 1.82) is 5.26 Å². The van der Waals surface area contributed by atoms with Crippen LogP contribution >= 0.6 is 0 Å². The summed E-state index contributed by atoms with van der Waals surface area (Å²) in [5.74, 6) is -0.285. The number of carbonyl (C=O) groups is 1. The Morgan fingerprint density at radius 3 is 2.82 bits per heavy atom. The van der Waals surface area contributed by atoms with E-state index in [1.807, 2.05) is 6.07 Å². The van der Waals surface area contributed by atoms with Crippen molar-refractivity contribution in [1.82, 2.24) is 9.78 Å². The monoisotopic (exact) mass is 226 g/mol. The van der Waals surface area contributed by atoms with Crippen LogP contribution in [-0.2, 0) is 7.05 Å². The van der Waals surface area contributed by atoms with Gasteiger partial charge in [0.15, 0.2) is 0 Å². The zero-order valence-electron chi connectivity index (χ0n) is 9.21. The number of amides is 1. The number of hydrogen-bond acceptors (Lipinski definition) is 3. The molecule has 84 valence electrons. The fourth-order valence-corrected chi connectivity index (χ4v) is 1.47. The lowest BCUT2D eigenvalue weighted by atomic mass is 10.2. The summed E-state index contributed by atoms with van der Waals surface area (Å²) in [5, 5.41) is 15.5. The maximum absolute atomic E-state index is 11.9. The van der Waals surface area contributed by atoms with Gasteiger partial charge in [-0.15, -0.1) is 0 Å². The van der Waals surface area contributed by atoms with Crippen LogP contribution in [0.3, 0.4) is 0 Å². The number of benzene rings is 1. The molecule has 0 radical (unpaired) electrons. The summed E-state index contributed by atoms with van der Waals surface area (Å²) in [6, 6.07) is 10.5. The third kappa shape index (κ3) is 2.16. The third-order valence-electron chi connectivity index (χ3n) is 2.35. The third-order valence-corrected chi connectivity index (χ3v) is 2.35. The highest BCUT2D eigenvalue weighted by Gasteiger charge is 2.11. The largest absolute Gasteiger partial charge is 0.319 e. The molecule has 0 spiro atoms. The van der Waals surface area contributed by atoms with Gasteiger partial charge in [-0.3, -0.25) is 9.48 Å². The molecular formula is C12H10N4O. The number of aromatic nitrogens is 2. The highest BCUT2D eigenvalue weighted by Crippen LogP contribution is 2.14. The van der Waals surface area contributed by atoms with E-state index in [0.717, 1.165) is 0 Å². The molecule has 1 aromatic carbocycles. The molecule has 0 aliphatic heterocycles. The van der Waals surface area contributed by atoms with E-state index >= 15 is 0 Å². The van der Waals surface area contributed by atoms with Crippen LogP contribution in [0.1, 0.15) is 16.1 Å². The minimum absolute atomic E-state index is 0.285. The standard InChI is InChI=1S/C12H10N4O/c1-16-11(6-7-14-16)12(17)15-10-5-3-2-4-9(10)8-13/h2-7H,1H3,(H,15,17). The minimum atomic E-state index is -0.285. The van der Waals surface area contributed by atoms with Crippen molar-refractivity contribution in [2.75, 3.05) is 5.32 Å². The van der Waals surface area contributed by atoms with E-state index in [1.54, 1.807) is 43.6 Å². The Kier molecular flexibility index (Phi) is 2.88. The molecule has 0 bridgehead atoms. The first-order valence-electron chi connectivity index (χ1n) is 5.01. The number of nitrogens with one attached hydrogen (secondary N) is 1. The number of nitriles is 1. The molecule has 1 heterocycles. The van der Waals surface area contributed by atoms with E-state index < -0.39 is 0 Å². The van der Waals surface area contributed by atoms with Gasteiger partial charge in [0, 0.05) is 13.2 Å². The molecule has 0 saturated heterocycles. The van der Waals surface area contributed by atoms with Crippen LogP contribution < -0.4 is 5.32 Å². The number of carbonyl (C=O) groups excluding carboxylic acids is 1. The van der Waals surface area contributed by atoms with Crippen molar-refractivity contribution in [2.45, 2.75) is 0 Å². The maximum Gasteiger partial charge on any atom is 0.273 e. The van der Waals surface area contributed by atoms with Crippen LogP contribution in [0.15, 0.2) is 36.5 Å². The van der Waals surface area contributed by atoms with E-state index in [9.17, 15) is 4.79 Å². The normalized spacial score (nSPS) is 9.65. The molecule has 0 unspecified atom stereocenters. The van der Waals surface area contributed by atoms with Crippen molar-refractivity contribution in [2.24, 2.45) is 7.05 Å². The average Bonchev–Trinajstić information content (AvgIpc) is 2.76. The molecule has 0 fully saturated rings. The summed E-state index contributed by atoms with van der Waals surface area (Å²) >= 11 is 0. The van der Waals surface area contributed by atoms with Crippen molar-refractivity contribution >= 4 is 11.6 Å². The molecule has 2 aromatic rings. The Hall–Kier alpha value is -2.61. The highest BCUT2D eigenvalue weighted by molar-refractivity contribution is 6.03. The molecule has 0 aliphatic carbocycles. The zero-order valence-corrected chi connectivity index (χ0v) is 9.21. The fourth-order valence-electron chi connectivity index (χ4n) is 1.47. The van der Waals surface area contributed by atoms with Crippen molar-refractivity contribution in [3.63, 3.8) is 0 Å². The Labute approximate surface area is 98.3 Å². The predicted octanol–water partition coefficient (Wildman–Crippen LogP) is 1.54. The molecule has 0 saturated carbocycles. The molecule has 0 aliphatic rings. The van der Waals surface area contributed by atoms with E-state index in [0.29, 0.717) is 16.9 Å². The second kappa shape index (κ2) is 4.49. The van der Waals surface area contributed by atoms with Gasteiger partial charge in [-0.1, -0.05) is 12.1 Å². The van der Waals surface area contributed by atoms with Gasteiger partial charge in [0.25, 0.3) is 5.91 Å². The van der Waals surface area contributed by atoms with Gasteiger partial charge in [-0.2, -0.15) is 10.4 Å². The van der Waals surface area contributed by atoms with Gasteiger partial charge in [-0.25, -0.2) is 0 Å². The van der Waals surface area contributed by atoms with Gasteiger partial charge < -0.3 is 5.32 Å². The van der Waals surface area contributed by atoms with E-state index in [4.69, 9.17) is 5.26 Å². The lowest BCUT2D eigenvalue weighted by Gasteiger charge is -2.06. The number of rotatable bonds is 2. The number of nitrogens with zero attached hydrogens (tertiary/aromatic N) is 3. The molecule has 1 N–H and O–H groups in total. The number of hydrogen-bond donors (Lipinski definition) is 1. The average molecular weight is 226 g/mol. The molecule has 5 nitrogen and oxygen atoms in total. The van der Waals surface area contributed by atoms with Gasteiger partial charge >= 0.3 is 0 Å². The van der Waals surface area contributed by atoms with Crippen LogP contribution in [0, 0.1) is 11.3 Å². The van der Waals surface area contributed by atoms with Crippen molar-refractivity contribution in [3.05, 3.63) is 47.8 Å². The maximum atomic E-state index is 11.9. The summed E-state index contributed by atoms with van der Waals surface area (Å²) in [6.45, 7) is 0. The summed E-state index contributed by atoms with van der Waals surface area (Å²) in [7, 11) is 1.69. The van der Waals surface area contributed by atoms with E-state index in [-0.39, 0.29) is 5.91 Å². The van der Waals surface area contributed by atoms with Gasteiger partial charge in [0.05, 0.1) is 11.3 Å². The quantitative estimate of drug-likeness (QED) is 0.844. The summed E-state index contributed by atoms with van der Waals surface area (Å²) in [5.41, 5.74) is 1.38. The minimum Gasteiger partial charge on any atom is -0.319 e. The lowest BCUT2D eigenvalue weighted by Crippen LogP contribution is -2.16. The van der Waals surface area contributed by atoms with Crippen molar-refractivity contribution < 1.29 is 4.79 Å². The fraction of sp³-hybridized carbons (Fsp3) is 0.0833. The molecule has 17 heavy (non-hydrogen) atoms. The Balaban J connectivity index is 2.26. The van der Waals surface area contributed by atoms with Crippen LogP contribution in [0.25, 0.3) is 0 Å². The molecule has 0 atom stereocenters. The summed E-state index contributed by atoms with van der Waals surface area (Å²) in [4.78, 5) is 11.9. The number of para-hydroxylation sites is 1. The molecule has 1 amide bonds. The highest BCUT2D eigenvalue weighted by atomic mass is 16.2. The zero-order chi connectivity index (χ0) is 12.3. The SMILES string of the molecule is Cn1nccc1C(=O)Nc1ccccc1C#N. The van der Waals surface area contributed by atoms with E-state index in [1.165, 1.54) is 4.68 Å². The summed E-state index contributed by atoms with van der Waals surface area (Å²) in [6.07, 6.45) is 1.55. The second-order valence-electron chi connectivity index (χ2n) is 3.45. The van der Waals surface area contributed by atoms with Crippen LogP contribution in [-0.4, -0.2) is 15.7 Å². The predicted molar refractivity (Wildman–Crippen MR) is 62.3 cm³/mol. The lowest BCUT2D eigenvalue weighted by molar-refractivity contribution is 0.101. The first-order valence-corrected chi connectivity index (χ1v) is 5.01. The van der Waals surface area contributed by atoms with Crippen LogP contribution in [0.4, 0.5) is 5.69 Å². The molecular weight excluding hydrogens is 216 g/mol. The van der Waals surface area contributed by atoms with Crippen LogP contribution in [0.5, 0.6) is 0 Å². The van der Waals surface area contributed by atoms with Gasteiger partial charge in [0.1, 0.15) is 11.8 Å². The Bertz CT molecular complexity index is 595. The van der Waals surface area contributed by atoms with Crippen LogP contribution in [0.2, 0.25) is 0 Å². The number of anilines is 1. The number of aryl methyl sites for hydroxylation is 1. The second-order valence-corrected chi connectivity index (χ2v) is 3.45. The first kappa shape index (κ1) is 10.9. The summed E-state index contributed by atoms with van der Waals surface area (Å²) < 4.78 is 1.48. The topological polar surface area (TPSA) is 70.7 Å². The van der Waals surface area contributed by atoms with Gasteiger partial charge in [-0.05, 0) is 18.2 Å². The molecule has 1 aromatic heterocycles. The van der Waals surface area contributed by atoms with Crippen molar-refractivity contribution in [3.8, 4) is 6.07 Å². The Morgan fingerprint density at radius 1 is 1.41 bits per heavy atom. The smallest absolute Gasteiger partial charge is 0.273 e. The van der Waals surface area contributed by atoms with Gasteiger partial charge in [0.2, 0.25) is 0 Å². The Morgan fingerprint density at radius 2 is 2.18 bits per heavy atom. The molecule has 5 heteroatoms.